The number of H-pyrrole nitrogens is 2. The molecule has 1 aliphatic heterocycles. The third kappa shape index (κ3) is 5.89. The number of fused-ring (bicyclic) bond motifs is 2. The summed E-state index contributed by atoms with van der Waals surface area (Å²) < 4.78 is 41.2. The molecule has 10 heteroatoms. The van der Waals surface area contributed by atoms with Gasteiger partial charge in [-0.05, 0) is 54.3 Å². The number of ether oxygens (including phenoxy) is 2. The van der Waals surface area contributed by atoms with E-state index in [1.54, 1.807) is 49.2 Å². The van der Waals surface area contributed by atoms with Crippen molar-refractivity contribution in [3.05, 3.63) is 137 Å². The number of rotatable bonds is 9. The molecule has 2 atom stereocenters. The number of halogens is 2. The van der Waals surface area contributed by atoms with Crippen LogP contribution in [0.25, 0.3) is 22.3 Å². The summed E-state index contributed by atoms with van der Waals surface area (Å²) in [5.41, 5.74) is 3.55. The first-order valence-electron chi connectivity index (χ1n) is 15.2. The number of benzene rings is 4. The lowest BCUT2D eigenvalue weighted by Gasteiger charge is -2.23. The Morgan fingerprint density at radius 3 is 2.66 bits per heavy atom. The highest BCUT2D eigenvalue weighted by atomic mass is 19.1. The van der Waals surface area contributed by atoms with Crippen molar-refractivity contribution in [3.8, 4) is 22.9 Å². The van der Waals surface area contributed by atoms with Gasteiger partial charge in [0, 0.05) is 36.3 Å². The van der Waals surface area contributed by atoms with Crippen molar-refractivity contribution in [2.45, 2.75) is 45.2 Å². The van der Waals surface area contributed by atoms with Crippen LogP contribution in [-0.2, 0) is 34.8 Å². The van der Waals surface area contributed by atoms with E-state index in [0.29, 0.717) is 47.9 Å². The van der Waals surface area contributed by atoms with Gasteiger partial charge in [0.05, 0.1) is 24.0 Å². The van der Waals surface area contributed by atoms with Gasteiger partial charge in [-0.1, -0.05) is 60.7 Å². The van der Waals surface area contributed by atoms with Gasteiger partial charge in [-0.3, -0.25) is 4.79 Å². The Balaban J connectivity index is 1.05. The summed E-state index contributed by atoms with van der Waals surface area (Å²) in [4.78, 5) is 25.4. The molecule has 0 radical (unpaired) electrons. The lowest BCUT2D eigenvalue weighted by atomic mass is 9.90. The molecule has 238 valence electrons. The van der Waals surface area contributed by atoms with Gasteiger partial charge in [0.2, 0.25) is 0 Å². The van der Waals surface area contributed by atoms with Crippen LogP contribution in [0, 0.1) is 11.6 Å². The Kier molecular flexibility index (Phi) is 7.83. The minimum Gasteiger partial charge on any atom is -0.451 e. The van der Waals surface area contributed by atoms with Crippen LogP contribution < -0.4 is 4.74 Å². The molecule has 1 unspecified atom stereocenters. The average Bonchev–Trinajstić information content (AvgIpc) is 3.86. The number of aromatic amines is 2. The second-order valence-electron chi connectivity index (χ2n) is 11.9. The molecule has 4 aromatic carbocycles. The number of carbonyl (C=O) groups excluding carboxylic acids is 1. The maximum atomic E-state index is 15.0. The number of hydrogen-bond acceptors (Lipinski definition) is 5. The SMILES string of the molecule is C[C@@H](OCc1ccccc1)C(=O)N1Cc2ccc(C(C)(O)c3cnc(-c4cccc(Oc5c(F)cc6[nH]ccc6c5F)c4)[nH]3)cc2C1. The smallest absolute Gasteiger partial charge is 0.252 e. The quantitative estimate of drug-likeness (QED) is 0.155. The van der Waals surface area contributed by atoms with Gasteiger partial charge in [-0.25, -0.2) is 13.8 Å². The molecule has 3 N–H and O–H groups in total. The van der Waals surface area contributed by atoms with Crippen LogP contribution in [-0.4, -0.2) is 37.0 Å². The van der Waals surface area contributed by atoms with E-state index >= 15 is 0 Å². The zero-order valence-corrected chi connectivity index (χ0v) is 25.8. The summed E-state index contributed by atoms with van der Waals surface area (Å²) in [6.07, 6.45) is 2.49. The topological polar surface area (TPSA) is 103 Å². The van der Waals surface area contributed by atoms with Crippen molar-refractivity contribution < 1.29 is 28.2 Å². The molecule has 0 bridgehead atoms. The standard InChI is InChI=1S/C37H32F2N4O4/c1-22(46-21-23-7-4-3-5-8-23)36(44)43-19-25-11-12-27(15-26(25)20-43)37(2,45)32-18-41-35(42-32)24-9-6-10-28(16-24)47-34-30(38)17-31-29(33(34)39)13-14-40-31/h3-18,22,40,45H,19-21H2,1-2H3,(H,41,42)/t22-,37?/m1/s1. The predicted octanol–water partition coefficient (Wildman–Crippen LogP) is 7.33. The minimum absolute atomic E-state index is 0.0923. The third-order valence-corrected chi connectivity index (χ3v) is 8.62. The molecule has 2 aromatic heterocycles. The van der Waals surface area contributed by atoms with E-state index in [4.69, 9.17) is 9.47 Å². The van der Waals surface area contributed by atoms with Crippen LogP contribution >= 0.6 is 0 Å². The van der Waals surface area contributed by atoms with Crippen molar-refractivity contribution in [1.82, 2.24) is 19.9 Å². The van der Waals surface area contributed by atoms with Crippen LogP contribution in [0.4, 0.5) is 8.78 Å². The number of aliphatic hydroxyl groups is 1. The van der Waals surface area contributed by atoms with Crippen molar-refractivity contribution in [3.63, 3.8) is 0 Å². The largest absolute Gasteiger partial charge is 0.451 e. The molecule has 1 amide bonds. The molecule has 6 aromatic rings. The summed E-state index contributed by atoms with van der Waals surface area (Å²) in [7, 11) is 0. The lowest BCUT2D eigenvalue weighted by molar-refractivity contribution is -0.144. The van der Waals surface area contributed by atoms with Crippen LogP contribution in [0.5, 0.6) is 11.5 Å². The summed E-state index contributed by atoms with van der Waals surface area (Å²) in [5.74, 6) is -1.55. The molecule has 8 nitrogen and oxygen atoms in total. The second-order valence-corrected chi connectivity index (χ2v) is 11.9. The number of aromatic nitrogens is 3. The number of nitrogens with zero attached hydrogens (tertiary/aromatic N) is 2. The summed E-state index contributed by atoms with van der Waals surface area (Å²) >= 11 is 0. The molecular weight excluding hydrogens is 602 g/mol. The summed E-state index contributed by atoms with van der Waals surface area (Å²) in [6, 6.07) is 24.8. The van der Waals surface area contributed by atoms with E-state index in [0.717, 1.165) is 16.7 Å². The van der Waals surface area contributed by atoms with Gasteiger partial charge in [0.25, 0.3) is 5.91 Å². The first kappa shape index (κ1) is 30.3. The number of imidazole rings is 1. The minimum atomic E-state index is -1.43. The molecular formula is C37H32F2N4O4. The van der Waals surface area contributed by atoms with Gasteiger partial charge in [-0.2, -0.15) is 0 Å². The van der Waals surface area contributed by atoms with Crippen LogP contribution in [0.3, 0.4) is 0 Å². The Hall–Kier alpha value is -5.32. The van der Waals surface area contributed by atoms with Crippen LogP contribution in [0.15, 0.2) is 97.3 Å². The van der Waals surface area contributed by atoms with Gasteiger partial charge in [-0.15, -0.1) is 0 Å². The lowest BCUT2D eigenvalue weighted by Crippen LogP contribution is -2.35. The molecule has 0 fully saturated rings. The molecule has 1 aliphatic rings. The molecule has 3 heterocycles. The fraction of sp³-hybridized carbons (Fsp3) is 0.189. The van der Waals surface area contributed by atoms with Gasteiger partial charge in [0.15, 0.2) is 17.4 Å². The molecule has 7 rings (SSSR count). The monoisotopic (exact) mass is 634 g/mol. The maximum absolute atomic E-state index is 15.0. The van der Waals surface area contributed by atoms with Crippen molar-refractivity contribution in [2.75, 3.05) is 0 Å². The zero-order valence-electron chi connectivity index (χ0n) is 25.8. The normalized spacial score (nSPS) is 14.6. The Morgan fingerprint density at radius 2 is 1.83 bits per heavy atom. The van der Waals surface area contributed by atoms with Crippen molar-refractivity contribution >= 4 is 16.8 Å². The maximum Gasteiger partial charge on any atom is 0.252 e. The molecule has 0 saturated heterocycles. The molecule has 0 saturated carbocycles. The fourth-order valence-electron chi connectivity index (χ4n) is 5.88. The molecule has 0 spiro atoms. The highest BCUT2D eigenvalue weighted by Crippen LogP contribution is 2.36. The number of nitrogens with one attached hydrogen (secondary N) is 2. The summed E-state index contributed by atoms with van der Waals surface area (Å²) in [6.45, 7) is 4.67. The van der Waals surface area contributed by atoms with E-state index in [1.165, 1.54) is 18.3 Å². The van der Waals surface area contributed by atoms with Gasteiger partial charge >= 0.3 is 0 Å². The third-order valence-electron chi connectivity index (χ3n) is 8.62. The van der Waals surface area contributed by atoms with Crippen molar-refractivity contribution in [2.24, 2.45) is 0 Å². The molecule has 0 aliphatic carbocycles. The van der Waals surface area contributed by atoms with Crippen molar-refractivity contribution in [1.29, 1.82) is 0 Å². The zero-order chi connectivity index (χ0) is 32.7. The summed E-state index contributed by atoms with van der Waals surface area (Å²) in [5, 5.41) is 11.9. The van der Waals surface area contributed by atoms with E-state index in [9.17, 15) is 18.7 Å². The number of carbonyl (C=O) groups is 1. The number of amides is 1. The first-order chi connectivity index (χ1) is 22.7. The first-order valence-corrected chi connectivity index (χ1v) is 15.2. The highest BCUT2D eigenvalue weighted by Gasteiger charge is 2.32. The second kappa shape index (κ2) is 12.1. The number of hydrogen-bond donors (Lipinski definition) is 3. The highest BCUT2D eigenvalue weighted by molar-refractivity contribution is 5.82. The van der Waals surface area contributed by atoms with Gasteiger partial charge in [0.1, 0.15) is 23.3 Å². The predicted molar refractivity (Wildman–Crippen MR) is 172 cm³/mol. The van der Waals surface area contributed by atoms with E-state index < -0.39 is 29.1 Å². The Bertz CT molecular complexity index is 2090. The fourth-order valence-corrected chi connectivity index (χ4v) is 5.88. The van der Waals surface area contributed by atoms with E-state index in [-0.39, 0.29) is 17.0 Å². The average molecular weight is 635 g/mol. The van der Waals surface area contributed by atoms with Crippen LogP contribution in [0.2, 0.25) is 0 Å². The molecule has 47 heavy (non-hydrogen) atoms. The van der Waals surface area contributed by atoms with E-state index in [1.807, 2.05) is 48.5 Å². The van der Waals surface area contributed by atoms with Gasteiger partial charge < -0.3 is 29.4 Å². The van der Waals surface area contributed by atoms with Crippen LogP contribution in [0.1, 0.15) is 41.8 Å². The van der Waals surface area contributed by atoms with E-state index in [2.05, 4.69) is 15.0 Å². The Morgan fingerprint density at radius 1 is 1.02 bits per heavy atom. The Labute approximate surface area is 269 Å².